The van der Waals surface area contributed by atoms with Crippen molar-refractivity contribution in [3.8, 4) is 5.75 Å². The highest BCUT2D eigenvalue weighted by atomic mass is 32.2. The number of ether oxygens (including phenoxy) is 1. The van der Waals surface area contributed by atoms with Crippen LogP contribution in [-0.2, 0) is 19.9 Å². The van der Waals surface area contributed by atoms with Gasteiger partial charge in [0.25, 0.3) is 15.9 Å². The van der Waals surface area contributed by atoms with Crippen LogP contribution >= 0.6 is 0 Å². The van der Waals surface area contributed by atoms with Crippen LogP contribution in [0.2, 0.25) is 0 Å². The fraction of sp³-hybridized carbons (Fsp3) is 0.278. The van der Waals surface area contributed by atoms with Crippen LogP contribution in [0.5, 0.6) is 5.75 Å². The summed E-state index contributed by atoms with van der Waals surface area (Å²) in [5.41, 5.74) is 0.465. The summed E-state index contributed by atoms with van der Waals surface area (Å²) < 4.78 is 55.5. The molecule has 0 aliphatic heterocycles. The van der Waals surface area contributed by atoms with Crippen LogP contribution in [-0.4, -0.2) is 47.9 Å². The molecule has 0 aliphatic rings. The summed E-state index contributed by atoms with van der Waals surface area (Å²) >= 11 is 0. The summed E-state index contributed by atoms with van der Waals surface area (Å²) in [5.74, 6) is -0.139. The molecule has 2 aromatic carbocycles. The molecule has 10 heteroatoms. The van der Waals surface area contributed by atoms with E-state index in [0.717, 1.165) is 0 Å². The number of carbonyl (C=O) groups excluding carboxylic acids is 1. The lowest BCUT2D eigenvalue weighted by atomic mass is 10.2. The maximum Gasteiger partial charge on any atom is 0.261 e. The summed E-state index contributed by atoms with van der Waals surface area (Å²) in [6.45, 7) is 1.48. The Balaban J connectivity index is 2.10. The van der Waals surface area contributed by atoms with E-state index < -0.39 is 25.8 Å². The van der Waals surface area contributed by atoms with Crippen molar-refractivity contribution in [1.82, 2.24) is 5.32 Å². The SMILES string of the molecule is CCS(=O)(=O)CCNC(=O)c1cccc(S(=O)(=O)Nc2ccc(OC)cc2)c1. The molecule has 0 heterocycles. The Bertz CT molecular complexity index is 1030. The van der Waals surface area contributed by atoms with Crippen molar-refractivity contribution in [2.45, 2.75) is 11.8 Å². The molecule has 0 spiro atoms. The Morgan fingerprint density at radius 2 is 1.71 bits per heavy atom. The first-order valence-corrected chi connectivity index (χ1v) is 11.7. The topological polar surface area (TPSA) is 119 Å². The van der Waals surface area contributed by atoms with E-state index in [1.165, 1.54) is 38.3 Å². The lowest BCUT2D eigenvalue weighted by Gasteiger charge is -2.10. The summed E-state index contributed by atoms with van der Waals surface area (Å²) in [7, 11) is -5.59. The third-order valence-corrected chi connectivity index (χ3v) is 6.97. The molecule has 2 aromatic rings. The predicted octanol–water partition coefficient (Wildman–Crippen LogP) is 1.66. The monoisotopic (exact) mass is 426 g/mol. The molecule has 0 atom stereocenters. The van der Waals surface area contributed by atoms with E-state index in [2.05, 4.69) is 10.0 Å². The Morgan fingerprint density at radius 1 is 1.04 bits per heavy atom. The second-order valence-electron chi connectivity index (χ2n) is 5.85. The van der Waals surface area contributed by atoms with Gasteiger partial charge in [-0.05, 0) is 42.5 Å². The third kappa shape index (κ3) is 5.96. The molecule has 0 saturated heterocycles. The van der Waals surface area contributed by atoms with E-state index in [4.69, 9.17) is 4.74 Å². The third-order valence-electron chi connectivity index (χ3n) is 3.89. The number of sulfone groups is 1. The van der Waals surface area contributed by atoms with E-state index in [9.17, 15) is 21.6 Å². The van der Waals surface area contributed by atoms with Gasteiger partial charge in [-0.1, -0.05) is 13.0 Å². The number of sulfonamides is 1. The molecule has 2 rings (SSSR count). The van der Waals surface area contributed by atoms with Gasteiger partial charge in [-0.15, -0.1) is 0 Å². The van der Waals surface area contributed by atoms with Crippen LogP contribution in [0.25, 0.3) is 0 Å². The quantitative estimate of drug-likeness (QED) is 0.629. The first-order valence-electron chi connectivity index (χ1n) is 8.42. The van der Waals surface area contributed by atoms with E-state index in [1.807, 2.05) is 0 Å². The second-order valence-corrected chi connectivity index (χ2v) is 10.0. The van der Waals surface area contributed by atoms with Crippen molar-refractivity contribution in [1.29, 1.82) is 0 Å². The van der Waals surface area contributed by atoms with Gasteiger partial charge in [0.15, 0.2) is 9.84 Å². The standard InChI is InChI=1S/C18H22N2O6S2/c1-3-27(22,23)12-11-19-18(21)14-5-4-6-17(13-14)28(24,25)20-15-7-9-16(26-2)10-8-15/h4-10,13,20H,3,11-12H2,1-2H3,(H,19,21). The molecule has 8 nitrogen and oxygen atoms in total. The van der Waals surface area contributed by atoms with E-state index in [-0.39, 0.29) is 28.5 Å². The fourth-order valence-corrected chi connectivity index (χ4v) is 4.05. The number of amides is 1. The summed E-state index contributed by atoms with van der Waals surface area (Å²) in [5, 5.41) is 2.48. The normalized spacial score (nSPS) is 11.6. The first-order chi connectivity index (χ1) is 13.2. The smallest absolute Gasteiger partial charge is 0.261 e. The van der Waals surface area contributed by atoms with Crippen molar-refractivity contribution >= 4 is 31.5 Å². The molecular weight excluding hydrogens is 404 g/mol. The van der Waals surface area contributed by atoms with Crippen LogP contribution in [0.15, 0.2) is 53.4 Å². The molecule has 28 heavy (non-hydrogen) atoms. The molecule has 0 aliphatic carbocycles. The lowest BCUT2D eigenvalue weighted by molar-refractivity contribution is 0.0956. The highest BCUT2D eigenvalue weighted by molar-refractivity contribution is 7.92. The Kier molecular flexibility index (Phi) is 7.03. The molecule has 0 radical (unpaired) electrons. The first kappa shape index (κ1) is 21.7. The van der Waals surface area contributed by atoms with Crippen molar-refractivity contribution in [2.75, 3.05) is 29.9 Å². The highest BCUT2D eigenvalue weighted by Gasteiger charge is 2.17. The maximum atomic E-state index is 12.6. The molecule has 1 amide bonds. The van der Waals surface area contributed by atoms with Gasteiger partial charge in [0.2, 0.25) is 0 Å². The molecule has 0 saturated carbocycles. The minimum absolute atomic E-state index is 0.00632. The molecule has 2 N–H and O–H groups in total. The average Bonchev–Trinajstić information content (AvgIpc) is 2.68. The van der Waals surface area contributed by atoms with Crippen LogP contribution in [0.4, 0.5) is 5.69 Å². The Labute approximate surface area is 164 Å². The number of hydrogen-bond donors (Lipinski definition) is 2. The predicted molar refractivity (Wildman–Crippen MR) is 107 cm³/mol. The molecule has 152 valence electrons. The minimum Gasteiger partial charge on any atom is -0.497 e. The molecule has 0 unspecified atom stereocenters. The van der Waals surface area contributed by atoms with E-state index >= 15 is 0 Å². The largest absolute Gasteiger partial charge is 0.497 e. The van der Waals surface area contributed by atoms with Gasteiger partial charge in [0.05, 0.1) is 17.8 Å². The summed E-state index contributed by atoms with van der Waals surface area (Å²) in [4.78, 5) is 12.1. The number of methoxy groups -OCH3 is 1. The Hall–Kier alpha value is -2.59. The zero-order valence-electron chi connectivity index (χ0n) is 15.5. The highest BCUT2D eigenvalue weighted by Crippen LogP contribution is 2.20. The van der Waals surface area contributed by atoms with E-state index in [1.54, 1.807) is 24.3 Å². The molecule has 0 aromatic heterocycles. The van der Waals surface area contributed by atoms with Crippen LogP contribution in [0, 0.1) is 0 Å². The van der Waals surface area contributed by atoms with Gasteiger partial charge in [-0.3, -0.25) is 9.52 Å². The summed E-state index contributed by atoms with van der Waals surface area (Å²) in [6.07, 6.45) is 0. The molecular formula is C18H22N2O6S2. The van der Waals surface area contributed by atoms with Crippen molar-refractivity contribution in [3.05, 3.63) is 54.1 Å². The van der Waals surface area contributed by atoms with Gasteiger partial charge in [0.1, 0.15) is 5.75 Å². The fourth-order valence-electron chi connectivity index (χ4n) is 2.24. The zero-order valence-corrected chi connectivity index (χ0v) is 17.1. The number of carbonyl (C=O) groups is 1. The van der Waals surface area contributed by atoms with Gasteiger partial charge < -0.3 is 10.1 Å². The van der Waals surface area contributed by atoms with Gasteiger partial charge >= 0.3 is 0 Å². The average molecular weight is 427 g/mol. The lowest BCUT2D eigenvalue weighted by Crippen LogP contribution is -2.29. The zero-order chi connectivity index (χ0) is 20.8. The Morgan fingerprint density at radius 3 is 2.32 bits per heavy atom. The number of anilines is 1. The number of hydrogen-bond acceptors (Lipinski definition) is 6. The second kappa shape index (κ2) is 9.07. The van der Waals surface area contributed by atoms with Crippen LogP contribution in [0.3, 0.4) is 0 Å². The molecule has 0 fully saturated rings. The van der Waals surface area contributed by atoms with Crippen LogP contribution in [0.1, 0.15) is 17.3 Å². The van der Waals surface area contributed by atoms with Crippen molar-refractivity contribution in [3.63, 3.8) is 0 Å². The maximum absolute atomic E-state index is 12.6. The van der Waals surface area contributed by atoms with Gasteiger partial charge in [-0.2, -0.15) is 0 Å². The number of rotatable bonds is 9. The number of nitrogens with one attached hydrogen (secondary N) is 2. The van der Waals surface area contributed by atoms with Gasteiger partial charge in [0, 0.05) is 23.5 Å². The van der Waals surface area contributed by atoms with Gasteiger partial charge in [-0.25, -0.2) is 16.8 Å². The molecule has 0 bridgehead atoms. The van der Waals surface area contributed by atoms with Crippen molar-refractivity contribution in [2.24, 2.45) is 0 Å². The van der Waals surface area contributed by atoms with E-state index in [0.29, 0.717) is 11.4 Å². The van der Waals surface area contributed by atoms with Crippen molar-refractivity contribution < 1.29 is 26.4 Å². The minimum atomic E-state index is -3.90. The number of benzene rings is 2. The van der Waals surface area contributed by atoms with Crippen LogP contribution < -0.4 is 14.8 Å². The summed E-state index contributed by atoms with van der Waals surface area (Å²) in [6, 6.07) is 11.8.